The normalized spacial score (nSPS) is 19.4. The van der Waals surface area contributed by atoms with E-state index in [2.05, 4.69) is 20.1 Å². The summed E-state index contributed by atoms with van der Waals surface area (Å²) in [5, 5.41) is 6.82. The van der Waals surface area contributed by atoms with E-state index in [4.69, 9.17) is 0 Å². The number of nitrogens with zero attached hydrogens (tertiary/aromatic N) is 3. The third kappa shape index (κ3) is 2.99. The third-order valence-electron chi connectivity index (χ3n) is 4.08. The van der Waals surface area contributed by atoms with Crippen LogP contribution in [0.25, 0.3) is 0 Å². The minimum Gasteiger partial charge on any atom is -0.356 e. The van der Waals surface area contributed by atoms with Crippen LogP contribution in [0.1, 0.15) is 30.0 Å². The van der Waals surface area contributed by atoms with Crippen LogP contribution in [0, 0.1) is 6.92 Å². The fourth-order valence-electron chi connectivity index (χ4n) is 2.94. The molecule has 2 aromatic heterocycles. The molecule has 1 N–H and O–H groups in total. The Bertz CT molecular complexity index is 752. The van der Waals surface area contributed by atoms with Crippen LogP contribution in [0.2, 0.25) is 0 Å². The van der Waals surface area contributed by atoms with Gasteiger partial charge in [0, 0.05) is 31.5 Å². The smallest absolute Gasteiger partial charge is 0.178 e. The van der Waals surface area contributed by atoms with Crippen LogP contribution in [-0.2, 0) is 9.84 Å². The lowest BCUT2D eigenvalue weighted by Crippen LogP contribution is -2.35. The first-order valence-corrected chi connectivity index (χ1v) is 9.25. The van der Waals surface area contributed by atoms with E-state index < -0.39 is 9.84 Å². The van der Waals surface area contributed by atoms with Gasteiger partial charge in [0.2, 0.25) is 0 Å². The Labute approximate surface area is 130 Å². The summed E-state index contributed by atoms with van der Waals surface area (Å²) in [5.41, 5.74) is 1.85. The molecule has 1 saturated heterocycles. The van der Waals surface area contributed by atoms with E-state index >= 15 is 0 Å². The summed E-state index contributed by atoms with van der Waals surface area (Å²) in [4.78, 5) is 7.00. The van der Waals surface area contributed by atoms with Gasteiger partial charge in [-0.2, -0.15) is 5.10 Å². The lowest BCUT2D eigenvalue weighted by molar-refractivity contribution is 0.491. The topological polar surface area (TPSA) is 79.0 Å². The molecule has 2 aromatic rings. The van der Waals surface area contributed by atoms with Gasteiger partial charge in [0.05, 0.1) is 11.9 Å². The zero-order valence-corrected chi connectivity index (χ0v) is 13.6. The second kappa shape index (κ2) is 5.72. The quantitative estimate of drug-likeness (QED) is 0.934. The molecular formula is C15H20N4O2S. The van der Waals surface area contributed by atoms with Gasteiger partial charge in [-0.05, 0) is 31.4 Å². The number of piperidine rings is 1. The van der Waals surface area contributed by atoms with Gasteiger partial charge in [-0.3, -0.25) is 5.10 Å². The van der Waals surface area contributed by atoms with Gasteiger partial charge in [0.25, 0.3) is 0 Å². The second-order valence-corrected chi connectivity index (χ2v) is 7.88. The molecule has 1 aliphatic rings. The molecule has 0 unspecified atom stereocenters. The number of aromatic nitrogens is 3. The van der Waals surface area contributed by atoms with Crippen molar-refractivity contribution in [1.29, 1.82) is 0 Å². The number of hydrogen-bond donors (Lipinski definition) is 1. The molecule has 22 heavy (non-hydrogen) atoms. The molecule has 0 spiro atoms. The molecule has 3 heterocycles. The van der Waals surface area contributed by atoms with Crippen molar-refractivity contribution in [3.8, 4) is 0 Å². The van der Waals surface area contributed by atoms with Crippen molar-refractivity contribution in [2.24, 2.45) is 0 Å². The molecule has 6 nitrogen and oxygen atoms in total. The van der Waals surface area contributed by atoms with Gasteiger partial charge in [-0.15, -0.1) is 0 Å². The highest BCUT2D eigenvalue weighted by Gasteiger charge is 2.28. The molecule has 0 radical (unpaired) electrons. The van der Waals surface area contributed by atoms with Gasteiger partial charge < -0.3 is 4.90 Å². The van der Waals surface area contributed by atoms with Crippen molar-refractivity contribution >= 4 is 15.7 Å². The maximum atomic E-state index is 11.9. The van der Waals surface area contributed by atoms with Crippen LogP contribution in [0.4, 0.5) is 5.82 Å². The Morgan fingerprint density at radius 1 is 1.32 bits per heavy atom. The zero-order valence-electron chi connectivity index (χ0n) is 12.8. The molecule has 0 saturated carbocycles. The van der Waals surface area contributed by atoms with E-state index in [1.165, 1.54) is 12.5 Å². The Morgan fingerprint density at radius 3 is 2.82 bits per heavy atom. The van der Waals surface area contributed by atoms with Crippen molar-refractivity contribution in [3.05, 3.63) is 35.8 Å². The summed E-state index contributed by atoms with van der Waals surface area (Å²) in [7, 11) is -3.26. The Morgan fingerprint density at radius 2 is 2.14 bits per heavy atom. The van der Waals surface area contributed by atoms with Crippen molar-refractivity contribution in [1.82, 2.24) is 15.2 Å². The van der Waals surface area contributed by atoms with Gasteiger partial charge >= 0.3 is 0 Å². The molecule has 1 atom stereocenters. The van der Waals surface area contributed by atoms with E-state index in [9.17, 15) is 8.42 Å². The highest BCUT2D eigenvalue weighted by atomic mass is 32.2. The highest BCUT2D eigenvalue weighted by Crippen LogP contribution is 2.31. The van der Waals surface area contributed by atoms with Gasteiger partial charge in [0.15, 0.2) is 9.84 Å². The largest absolute Gasteiger partial charge is 0.356 e. The number of anilines is 1. The third-order valence-corrected chi connectivity index (χ3v) is 5.21. The van der Waals surface area contributed by atoms with Crippen molar-refractivity contribution in [3.63, 3.8) is 0 Å². The Balaban J connectivity index is 1.85. The number of pyridine rings is 1. The first-order chi connectivity index (χ1) is 10.4. The SMILES string of the molecule is Cc1ccc(N2CCC[C@@H](c3[nH]ncc3S(C)(=O)=O)C2)nc1. The van der Waals surface area contributed by atoms with Gasteiger partial charge in [-0.25, -0.2) is 13.4 Å². The molecule has 0 bridgehead atoms. The van der Waals surface area contributed by atoms with Crippen LogP contribution in [0.15, 0.2) is 29.4 Å². The number of rotatable bonds is 3. The molecule has 118 valence electrons. The van der Waals surface area contributed by atoms with E-state index in [1.54, 1.807) is 0 Å². The van der Waals surface area contributed by atoms with Crippen LogP contribution >= 0.6 is 0 Å². The Hall–Kier alpha value is -1.89. The molecule has 7 heteroatoms. The van der Waals surface area contributed by atoms with Crippen molar-refractivity contribution in [2.45, 2.75) is 30.6 Å². The van der Waals surface area contributed by atoms with Crippen LogP contribution in [-0.4, -0.2) is 42.9 Å². The van der Waals surface area contributed by atoms with E-state index in [-0.39, 0.29) is 5.92 Å². The number of nitrogens with one attached hydrogen (secondary N) is 1. The van der Waals surface area contributed by atoms with E-state index in [0.717, 1.165) is 43.0 Å². The average Bonchev–Trinajstić information content (AvgIpc) is 2.98. The lowest BCUT2D eigenvalue weighted by atomic mass is 9.95. The molecule has 1 aliphatic heterocycles. The zero-order chi connectivity index (χ0) is 15.7. The number of hydrogen-bond acceptors (Lipinski definition) is 5. The Kier molecular flexibility index (Phi) is 3.90. The maximum Gasteiger partial charge on any atom is 0.178 e. The second-order valence-electron chi connectivity index (χ2n) is 5.90. The van der Waals surface area contributed by atoms with Crippen molar-refractivity contribution < 1.29 is 8.42 Å². The van der Waals surface area contributed by atoms with E-state index in [0.29, 0.717) is 4.90 Å². The van der Waals surface area contributed by atoms with Crippen LogP contribution in [0.3, 0.4) is 0 Å². The molecule has 0 amide bonds. The number of H-pyrrole nitrogens is 1. The number of sulfone groups is 1. The fourth-order valence-corrected chi connectivity index (χ4v) is 3.80. The summed E-state index contributed by atoms with van der Waals surface area (Å²) < 4.78 is 23.7. The average molecular weight is 320 g/mol. The molecular weight excluding hydrogens is 300 g/mol. The van der Waals surface area contributed by atoms with Crippen LogP contribution < -0.4 is 4.90 Å². The predicted molar refractivity (Wildman–Crippen MR) is 84.9 cm³/mol. The number of aromatic amines is 1. The first-order valence-electron chi connectivity index (χ1n) is 7.36. The summed E-state index contributed by atoms with van der Waals surface area (Å²) in [6.45, 7) is 3.70. The number of aryl methyl sites for hydroxylation is 1. The van der Waals surface area contributed by atoms with Crippen molar-refractivity contribution in [2.75, 3.05) is 24.2 Å². The van der Waals surface area contributed by atoms with Gasteiger partial charge in [0.1, 0.15) is 10.7 Å². The molecule has 0 aliphatic carbocycles. The fraction of sp³-hybridized carbons (Fsp3) is 0.467. The summed E-state index contributed by atoms with van der Waals surface area (Å²) in [6.07, 6.45) is 6.45. The maximum absolute atomic E-state index is 11.9. The molecule has 0 aromatic carbocycles. The monoisotopic (exact) mass is 320 g/mol. The summed E-state index contributed by atoms with van der Waals surface area (Å²) in [6, 6.07) is 4.06. The summed E-state index contributed by atoms with van der Waals surface area (Å²) >= 11 is 0. The molecule has 3 rings (SSSR count). The molecule has 1 fully saturated rings. The summed E-state index contributed by atoms with van der Waals surface area (Å²) in [5.74, 6) is 1.07. The predicted octanol–water partition coefficient (Wildman–Crippen LogP) is 1.90. The van der Waals surface area contributed by atoms with Gasteiger partial charge in [-0.1, -0.05) is 6.07 Å². The van der Waals surface area contributed by atoms with Crippen LogP contribution in [0.5, 0.6) is 0 Å². The first kappa shape index (κ1) is 15.0. The minimum atomic E-state index is -3.26. The highest BCUT2D eigenvalue weighted by molar-refractivity contribution is 7.90. The lowest BCUT2D eigenvalue weighted by Gasteiger charge is -2.33. The standard InChI is InChI=1S/C15H20N4O2S/c1-11-5-6-14(16-8-11)19-7-3-4-12(10-19)15-13(9-17-18-15)22(2,20)21/h5-6,8-9,12H,3-4,7,10H2,1-2H3,(H,17,18)/t12-/m1/s1. The van der Waals surface area contributed by atoms with E-state index in [1.807, 2.05) is 25.3 Å². The minimum absolute atomic E-state index is 0.129.